The van der Waals surface area contributed by atoms with Crippen LogP contribution in [-0.2, 0) is 24.3 Å². The summed E-state index contributed by atoms with van der Waals surface area (Å²) >= 11 is 0. The highest BCUT2D eigenvalue weighted by Gasteiger charge is 2.32. The lowest BCUT2D eigenvalue weighted by atomic mass is 9.97. The number of piperidine rings is 1. The van der Waals surface area contributed by atoms with Crippen LogP contribution in [-0.4, -0.2) is 58.5 Å². The number of methoxy groups -OCH3 is 1. The monoisotopic (exact) mass is 478 g/mol. The van der Waals surface area contributed by atoms with Gasteiger partial charge in [-0.1, -0.05) is 0 Å². The zero-order valence-electron chi connectivity index (χ0n) is 18.6. The van der Waals surface area contributed by atoms with Crippen LogP contribution in [0.1, 0.15) is 19.8 Å². The number of amides is 1. The summed E-state index contributed by atoms with van der Waals surface area (Å²) < 4.78 is 51.3. The van der Waals surface area contributed by atoms with Crippen LogP contribution in [0.15, 0.2) is 53.4 Å². The number of benzene rings is 2. The molecule has 2 aromatic rings. The molecular weight excluding hydrogens is 451 g/mol. The summed E-state index contributed by atoms with van der Waals surface area (Å²) in [6, 6.07) is 10.7. The van der Waals surface area contributed by atoms with Gasteiger partial charge >= 0.3 is 5.97 Å². The van der Waals surface area contributed by atoms with Gasteiger partial charge in [-0.25, -0.2) is 12.8 Å². The second kappa shape index (κ2) is 10.7. The van der Waals surface area contributed by atoms with Crippen LogP contribution in [0, 0.1) is 11.7 Å². The van der Waals surface area contributed by atoms with Crippen molar-refractivity contribution < 1.29 is 31.9 Å². The molecule has 1 aliphatic rings. The molecule has 0 radical (unpaired) electrons. The van der Waals surface area contributed by atoms with Crippen LogP contribution in [0.5, 0.6) is 5.75 Å². The molecule has 10 heteroatoms. The molecule has 0 N–H and O–H groups in total. The van der Waals surface area contributed by atoms with E-state index in [1.165, 1.54) is 7.11 Å². The predicted molar refractivity (Wildman–Crippen MR) is 120 cm³/mol. The van der Waals surface area contributed by atoms with Crippen molar-refractivity contribution in [2.75, 3.05) is 37.7 Å². The van der Waals surface area contributed by atoms with Crippen LogP contribution < -0.4 is 9.04 Å². The van der Waals surface area contributed by atoms with Gasteiger partial charge in [0.15, 0.2) is 0 Å². The number of hydrogen-bond acceptors (Lipinski definition) is 6. The zero-order valence-corrected chi connectivity index (χ0v) is 19.4. The Kier molecular flexibility index (Phi) is 7.91. The first kappa shape index (κ1) is 24.5. The Morgan fingerprint density at radius 2 is 1.67 bits per heavy atom. The minimum atomic E-state index is -4.15. The fourth-order valence-corrected chi connectivity index (χ4v) is 5.06. The number of likely N-dealkylation sites (tertiary alicyclic amines) is 1. The molecule has 3 rings (SSSR count). The minimum Gasteiger partial charge on any atom is -0.497 e. The van der Waals surface area contributed by atoms with Crippen LogP contribution in [0.3, 0.4) is 0 Å². The van der Waals surface area contributed by atoms with Gasteiger partial charge in [-0.15, -0.1) is 0 Å². The van der Waals surface area contributed by atoms with Crippen molar-refractivity contribution in [3.63, 3.8) is 0 Å². The first-order chi connectivity index (χ1) is 15.8. The zero-order chi connectivity index (χ0) is 24.0. The highest BCUT2D eigenvalue weighted by Crippen LogP contribution is 2.27. The highest BCUT2D eigenvalue weighted by atomic mass is 32.2. The van der Waals surface area contributed by atoms with E-state index in [0.29, 0.717) is 38.3 Å². The van der Waals surface area contributed by atoms with Crippen LogP contribution in [0.2, 0.25) is 0 Å². The number of sulfonamides is 1. The standard InChI is InChI=1S/C23H27FN2O6S/c1-3-32-23(28)17-12-14-25(15-13-17)22(27)16-26(19-6-8-20(31-2)9-7-19)33(29,30)21-10-4-18(24)5-11-21/h4-11,17H,3,12-16H2,1-2H3. The molecule has 0 unspecified atom stereocenters. The number of carbonyl (C=O) groups excluding carboxylic acids is 2. The summed E-state index contributed by atoms with van der Waals surface area (Å²) in [5, 5.41) is 0. The molecule has 1 amide bonds. The topological polar surface area (TPSA) is 93.2 Å². The van der Waals surface area contributed by atoms with Gasteiger partial charge in [0.25, 0.3) is 10.0 Å². The summed E-state index contributed by atoms with van der Waals surface area (Å²) in [5.74, 6) is -0.965. The number of ether oxygens (including phenoxy) is 2. The van der Waals surface area contributed by atoms with Crippen molar-refractivity contribution >= 4 is 27.6 Å². The highest BCUT2D eigenvalue weighted by molar-refractivity contribution is 7.92. The van der Waals surface area contributed by atoms with E-state index in [1.54, 1.807) is 36.1 Å². The maximum atomic E-state index is 13.4. The van der Waals surface area contributed by atoms with E-state index in [9.17, 15) is 22.4 Å². The van der Waals surface area contributed by atoms with E-state index in [-0.39, 0.29) is 28.4 Å². The molecule has 0 aromatic heterocycles. The average Bonchev–Trinajstić information content (AvgIpc) is 2.83. The Hall–Kier alpha value is -3.14. The number of rotatable bonds is 8. The van der Waals surface area contributed by atoms with Gasteiger partial charge in [-0.2, -0.15) is 0 Å². The lowest BCUT2D eigenvalue weighted by Gasteiger charge is -2.33. The first-order valence-electron chi connectivity index (χ1n) is 10.6. The molecule has 33 heavy (non-hydrogen) atoms. The van der Waals surface area contributed by atoms with E-state index >= 15 is 0 Å². The number of halogens is 1. The molecule has 0 atom stereocenters. The molecule has 1 heterocycles. The molecule has 1 saturated heterocycles. The van der Waals surface area contributed by atoms with Gasteiger partial charge in [0.2, 0.25) is 5.91 Å². The Balaban J connectivity index is 1.82. The number of anilines is 1. The van der Waals surface area contributed by atoms with Crippen LogP contribution in [0.4, 0.5) is 10.1 Å². The number of hydrogen-bond donors (Lipinski definition) is 0. The van der Waals surface area contributed by atoms with Crippen molar-refractivity contribution in [2.45, 2.75) is 24.7 Å². The van der Waals surface area contributed by atoms with Crippen LogP contribution in [0.25, 0.3) is 0 Å². The Bertz CT molecular complexity index is 1070. The summed E-state index contributed by atoms with van der Waals surface area (Å²) in [5.41, 5.74) is 0.273. The quantitative estimate of drug-likeness (QED) is 0.542. The molecule has 8 nitrogen and oxygen atoms in total. The van der Waals surface area contributed by atoms with Gasteiger partial charge < -0.3 is 14.4 Å². The average molecular weight is 479 g/mol. The molecule has 1 fully saturated rings. The number of nitrogens with zero attached hydrogens (tertiary/aromatic N) is 2. The van der Waals surface area contributed by atoms with Crippen molar-refractivity contribution in [1.82, 2.24) is 4.90 Å². The smallest absolute Gasteiger partial charge is 0.309 e. The van der Waals surface area contributed by atoms with Gasteiger partial charge in [0.05, 0.1) is 30.2 Å². The third-order valence-corrected chi connectivity index (χ3v) is 7.30. The first-order valence-corrected chi connectivity index (χ1v) is 12.1. The van der Waals surface area contributed by atoms with Crippen molar-refractivity contribution in [3.05, 3.63) is 54.3 Å². The molecule has 0 aliphatic carbocycles. The number of carbonyl (C=O) groups is 2. The van der Waals surface area contributed by atoms with E-state index < -0.39 is 22.4 Å². The molecule has 0 saturated carbocycles. The predicted octanol–water partition coefficient (Wildman–Crippen LogP) is 2.83. The maximum Gasteiger partial charge on any atom is 0.309 e. The van der Waals surface area contributed by atoms with Crippen LogP contribution >= 0.6 is 0 Å². The minimum absolute atomic E-state index is 0.131. The molecular formula is C23H27FN2O6S. The largest absolute Gasteiger partial charge is 0.497 e. The van der Waals surface area contributed by atoms with E-state index in [0.717, 1.165) is 28.6 Å². The summed E-state index contributed by atoms with van der Waals surface area (Å²) in [6.07, 6.45) is 0.912. The lowest BCUT2D eigenvalue weighted by molar-refractivity contribution is -0.151. The fraction of sp³-hybridized carbons (Fsp3) is 0.391. The third-order valence-electron chi connectivity index (χ3n) is 5.51. The summed E-state index contributed by atoms with van der Waals surface area (Å²) in [7, 11) is -2.66. The molecule has 178 valence electrons. The van der Waals surface area contributed by atoms with Crippen molar-refractivity contribution in [2.24, 2.45) is 5.92 Å². The Morgan fingerprint density at radius 1 is 1.06 bits per heavy atom. The summed E-state index contributed by atoms with van der Waals surface area (Å²) in [6.45, 7) is 2.27. The fourth-order valence-electron chi connectivity index (χ4n) is 3.64. The maximum absolute atomic E-state index is 13.4. The third kappa shape index (κ3) is 5.81. The lowest BCUT2D eigenvalue weighted by Crippen LogP contribution is -2.46. The van der Waals surface area contributed by atoms with Gasteiger partial charge in [0.1, 0.15) is 18.1 Å². The molecule has 1 aliphatic heterocycles. The summed E-state index contributed by atoms with van der Waals surface area (Å²) in [4.78, 5) is 26.4. The molecule has 0 bridgehead atoms. The van der Waals surface area contributed by atoms with Gasteiger partial charge in [0, 0.05) is 13.1 Å². The van der Waals surface area contributed by atoms with E-state index in [2.05, 4.69) is 0 Å². The van der Waals surface area contributed by atoms with Crippen molar-refractivity contribution in [3.8, 4) is 5.75 Å². The van der Waals surface area contributed by atoms with Crippen molar-refractivity contribution in [1.29, 1.82) is 0 Å². The Labute approximate surface area is 192 Å². The second-order valence-electron chi connectivity index (χ2n) is 7.57. The SMILES string of the molecule is CCOC(=O)C1CCN(C(=O)CN(c2ccc(OC)cc2)S(=O)(=O)c2ccc(F)cc2)CC1. The second-order valence-corrected chi connectivity index (χ2v) is 9.43. The molecule has 2 aromatic carbocycles. The van der Waals surface area contributed by atoms with Gasteiger partial charge in [-0.3, -0.25) is 13.9 Å². The molecule has 0 spiro atoms. The van der Waals surface area contributed by atoms with E-state index in [4.69, 9.17) is 9.47 Å². The van der Waals surface area contributed by atoms with E-state index in [1.807, 2.05) is 0 Å². The normalized spacial score (nSPS) is 14.6. The number of esters is 1. The Morgan fingerprint density at radius 3 is 2.21 bits per heavy atom. The van der Waals surface area contributed by atoms with Gasteiger partial charge in [-0.05, 0) is 68.3 Å².